The molecule has 0 N–H and O–H groups in total. The Hall–Kier alpha value is -1.77. The van der Waals surface area contributed by atoms with Gasteiger partial charge in [-0.25, -0.2) is 0 Å². The summed E-state index contributed by atoms with van der Waals surface area (Å²) in [7, 11) is 0. The average molecular weight is 1250 g/mol. The van der Waals surface area contributed by atoms with Gasteiger partial charge < -0.3 is 18.9 Å². The van der Waals surface area contributed by atoms with Crippen LogP contribution in [0.1, 0.15) is 439 Å². The van der Waals surface area contributed by atoms with E-state index in [9.17, 15) is 19.2 Å². The minimum absolute atomic E-state index is 0.179. The highest BCUT2D eigenvalue weighted by Crippen LogP contribution is 2.26. The molecule has 0 spiro atoms. The van der Waals surface area contributed by atoms with Crippen LogP contribution in [0.4, 0.5) is 0 Å². The first kappa shape index (κ1) is 85.2. The summed E-state index contributed by atoms with van der Waals surface area (Å²) >= 11 is 0.681. The van der Waals surface area contributed by atoms with Crippen molar-refractivity contribution in [2.24, 2.45) is 0 Å². The minimum atomic E-state index is -1.50. The van der Waals surface area contributed by atoms with Gasteiger partial charge in [0, 0.05) is 0 Å². The largest absolute Gasteiger partial charge is 0.464 e. The molecule has 0 rings (SSSR count). The highest BCUT2D eigenvalue weighted by atomic mass is 32.2. The number of esters is 4. The number of rotatable bonds is 74. The Kier molecular flexibility index (Phi) is 71.8. The summed E-state index contributed by atoms with van der Waals surface area (Å²) in [6, 6.07) is 0. The Labute approximate surface area is 546 Å². The van der Waals surface area contributed by atoms with Crippen LogP contribution >= 0.6 is 11.8 Å². The predicted octanol–water partition coefficient (Wildman–Crippen LogP) is 25.7. The lowest BCUT2D eigenvalue weighted by Gasteiger charge is -2.20. The second-order valence-electron chi connectivity index (χ2n) is 26.8. The highest BCUT2D eigenvalue weighted by Gasteiger charge is 2.41. The first-order valence-electron chi connectivity index (χ1n) is 39.2. The van der Waals surface area contributed by atoms with Crippen LogP contribution in [0.15, 0.2) is 0 Å². The molecule has 0 aromatic heterocycles. The zero-order valence-electron chi connectivity index (χ0n) is 58.9. The average Bonchev–Trinajstić information content (AvgIpc) is 3.72. The third kappa shape index (κ3) is 64.1. The maximum atomic E-state index is 13.9. The molecule has 0 atom stereocenters. The number of carbonyl (C=O) groups excluding carboxylic acids is 4. The van der Waals surface area contributed by atoms with Crippen LogP contribution in [-0.2, 0) is 38.1 Å². The molecule has 0 aliphatic carbocycles. The summed E-state index contributed by atoms with van der Waals surface area (Å²) in [5.41, 5.74) is 0. The van der Waals surface area contributed by atoms with Crippen molar-refractivity contribution in [3.63, 3.8) is 0 Å². The second kappa shape index (κ2) is 73.3. The van der Waals surface area contributed by atoms with Crippen LogP contribution in [0.3, 0.4) is 0 Å². The highest BCUT2D eigenvalue weighted by molar-refractivity contribution is 8.03. The summed E-state index contributed by atoms with van der Waals surface area (Å²) in [5.74, 6) is -3.06. The lowest BCUT2D eigenvalue weighted by molar-refractivity contribution is -0.154. The number of hydrogen-bond acceptors (Lipinski definition) is 9. The van der Waals surface area contributed by atoms with Crippen LogP contribution in [0, 0.1) is 0 Å². The van der Waals surface area contributed by atoms with Crippen molar-refractivity contribution in [3.05, 3.63) is 0 Å². The summed E-state index contributed by atoms with van der Waals surface area (Å²) < 4.78 is 23.1. The second-order valence-corrected chi connectivity index (χ2v) is 28.0. The molecule has 0 bridgehead atoms. The molecule has 0 aromatic rings. The van der Waals surface area contributed by atoms with Gasteiger partial charge in [0.05, 0.1) is 26.4 Å². The molecule has 0 saturated heterocycles. The van der Waals surface area contributed by atoms with Gasteiger partial charge in [0.1, 0.15) is 0 Å². The van der Waals surface area contributed by atoms with Gasteiger partial charge >= 0.3 is 23.9 Å². The van der Waals surface area contributed by atoms with Crippen molar-refractivity contribution < 1.29 is 38.1 Å². The van der Waals surface area contributed by atoms with E-state index in [2.05, 4.69) is 27.7 Å². The fraction of sp³-hybridized carbons (Fsp3) is 0.949. The van der Waals surface area contributed by atoms with Crippen LogP contribution in [0.25, 0.3) is 0 Å². The summed E-state index contributed by atoms with van der Waals surface area (Å²) in [6.45, 7) is 9.83. The van der Waals surface area contributed by atoms with E-state index in [1.807, 2.05) is 0 Å². The fourth-order valence-electron chi connectivity index (χ4n) is 12.1. The van der Waals surface area contributed by atoms with E-state index in [-0.39, 0.29) is 26.4 Å². The molecule has 0 fully saturated rings. The maximum Gasteiger partial charge on any atom is 0.330 e. The topological polar surface area (TPSA) is 105 Å². The van der Waals surface area contributed by atoms with Crippen molar-refractivity contribution >= 4 is 35.6 Å². The van der Waals surface area contributed by atoms with Crippen LogP contribution < -0.4 is 0 Å². The third-order valence-electron chi connectivity index (χ3n) is 18.1. The van der Waals surface area contributed by atoms with Crippen molar-refractivity contribution in [1.82, 2.24) is 0 Å². The number of ether oxygens (including phenoxy) is 4. The van der Waals surface area contributed by atoms with E-state index in [1.165, 1.54) is 334 Å². The van der Waals surface area contributed by atoms with E-state index in [0.717, 1.165) is 51.4 Å². The molecule has 0 aromatic carbocycles. The molecule has 0 radical (unpaired) electrons. The van der Waals surface area contributed by atoms with Gasteiger partial charge in [-0.15, -0.1) is 11.8 Å². The smallest absolute Gasteiger partial charge is 0.330 e. The van der Waals surface area contributed by atoms with Gasteiger partial charge in [0.25, 0.3) is 0 Å². The van der Waals surface area contributed by atoms with Crippen molar-refractivity contribution in [2.45, 2.75) is 449 Å². The molecule has 0 unspecified atom stereocenters. The summed E-state index contributed by atoms with van der Waals surface area (Å²) in [5, 5.41) is -2.99. The van der Waals surface area contributed by atoms with Crippen molar-refractivity contribution in [2.75, 3.05) is 26.4 Å². The molecular formula is C78H150O8S. The molecule has 0 aliphatic rings. The number of unbranched alkanes of at least 4 members (excludes halogenated alkanes) is 60. The number of hydrogen-bond donors (Lipinski definition) is 0. The van der Waals surface area contributed by atoms with E-state index >= 15 is 0 Å². The molecule has 9 heteroatoms. The molecule has 0 amide bonds. The monoisotopic (exact) mass is 1250 g/mol. The first-order chi connectivity index (χ1) is 42.9. The van der Waals surface area contributed by atoms with E-state index < -0.39 is 34.4 Å². The predicted molar refractivity (Wildman–Crippen MR) is 377 cm³/mol. The van der Waals surface area contributed by atoms with Gasteiger partial charge in [-0.05, 0) is 25.7 Å². The van der Waals surface area contributed by atoms with Crippen LogP contribution in [-0.4, -0.2) is 60.8 Å². The Morgan fingerprint density at radius 1 is 0.184 bits per heavy atom. The Morgan fingerprint density at radius 3 is 0.402 bits per heavy atom. The van der Waals surface area contributed by atoms with Gasteiger partial charge in [-0.3, -0.25) is 19.2 Å². The first-order valence-corrected chi connectivity index (χ1v) is 40.2. The van der Waals surface area contributed by atoms with Crippen LogP contribution in [0.5, 0.6) is 0 Å². The quantitative estimate of drug-likeness (QED) is 0.0255. The molecular weight excluding hydrogens is 1100 g/mol. The number of thioether (sulfide) groups is 1. The Bertz CT molecular complexity index is 1210. The summed E-state index contributed by atoms with van der Waals surface area (Å²) in [4.78, 5) is 55.6. The normalized spacial score (nSPS) is 11.6. The third-order valence-corrected chi connectivity index (χ3v) is 19.4. The molecule has 87 heavy (non-hydrogen) atoms. The van der Waals surface area contributed by atoms with E-state index in [0.29, 0.717) is 37.4 Å². The van der Waals surface area contributed by atoms with E-state index in [4.69, 9.17) is 18.9 Å². The summed E-state index contributed by atoms with van der Waals surface area (Å²) in [6.07, 6.45) is 80.0. The lowest BCUT2D eigenvalue weighted by atomic mass is 10.0. The molecule has 8 nitrogen and oxygen atoms in total. The standard InChI is InChI=1S/C78H150O8S/c1-5-9-13-17-21-25-29-33-37-41-45-49-53-57-61-65-69-83-75(79)73(76(80)84-70-66-62-58-54-50-46-42-38-34-30-26-22-18-14-10-6-2)87-74(77(81)85-71-67-63-59-55-51-47-43-39-35-31-27-23-19-15-11-7-3)78(82)86-72-68-64-60-56-52-48-44-40-36-32-28-24-20-16-12-8-4/h73-74H,5-72H2,1-4H3. The molecule has 0 heterocycles. The van der Waals surface area contributed by atoms with Gasteiger partial charge in [0.15, 0.2) is 0 Å². The fourth-order valence-corrected chi connectivity index (χ4v) is 13.1. The maximum absolute atomic E-state index is 13.9. The lowest BCUT2D eigenvalue weighted by Crippen LogP contribution is -2.39. The Balaban J connectivity index is 5.34. The van der Waals surface area contributed by atoms with E-state index in [1.54, 1.807) is 0 Å². The van der Waals surface area contributed by atoms with Gasteiger partial charge in [-0.1, -0.05) is 413 Å². The van der Waals surface area contributed by atoms with Gasteiger partial charge in [0.2, 0.25) is 10.5 Å². The molecule has 0 aliphatic heterocycles. The van der Waals surface area contributed by atoms with Gasteiger partial charge in [-0.2, -0.15) is 0 Å². The molecule has 0 saturated carbocycles. The molecule has 516 valence electrons. The number of carbonyl (C=O) groups is 4. The SMILES string of the molecule is CCCCCCCCCCCCCCCCCCOC(=O)C(SC(C(=O)OCCCCCCCCCCCCCCCCCC)C(=O)OCCCCCCCCCCCCCCCCCC)C(=O)OCCCCCCCCCCCCCCCCCC. The minimum Gasteiger partial charge on any atom is -0.464 e. The Morgan fingerprint density at radius 2 is 0.287 bits per heavy atom. The zero-order chi connectivity index (χ0) is 63.1. The van der Waals surface area contributed by atoms with Crippen molar-refractivity contribution in [1.29, 1.82) is 0 Å². The van der Waals surface area contributed by atoms with Crippen molar-refractivity contribution in [3.8, 4) is 0 Å². The zero-order valence-corrected chi connectivity index (χ0v) is 59.7. The van der Waals surface area contributed by atoms with Crippen LogP contribution in [0.2, 0.25) is 0 Å².